The van der Waals surface area contributed by atoms with Crippen molar-refractivity contribution in [3.05, 3.63) is 69.4 Å². The fourth-order valence-corrected chi connectivity index (χ4v) is 5.46. The molecule has 1 saturated heterocycles. The Labute approximate surface area is 180 Å². The van der Waals surface area contributed by atoms with Crippen molar-refractivity contribution in [3.8, 4) is 0 Å². The highest BCUT2D eigenvalue weighted by atomic mass is 32.2. The van der Waals surface area contributed by atoms with Gasteiger partial charge in [-0.1, -0.05) is 23.9 Å². The number of benzene rings is 2. The van der Waals surface area contributed by atoms with Crippen LogP contribution in [0.25, 0.3) is 10.9 Å². The van der Waals surface area contributed by atoms with E-state index in [0.29, 0.717) is 29.3 Å². The normalized spacial score (nSPS) is 18.7. The maximum atomic E-state index is 15.0. The maximum absolute atomic E-state index is 15.0. The van der Waals surface area contributed by atoms with Crippen LogP contribution < -0.4 is 10.3 Å². The molecule has 1 fully saturated rings. The third kappa shape index (κ3) is 3.19. The predicted molar refractivity (Wildman–Crippen MR) is 115 cm³/mol. The summed E-state index contributed by atoms with van der Waals surface area (Å²) >= 11 is 1.23. The number of anilines is 1. The minimum absolute atomic E-state index is 0.0314. The highest BCUT2D eigenvalue weighted by Crippen LogP contribution is 2.50. The molecule has 0 radical (unpaired) electrons. The van der Waals surface area contributed by atoms with Crippen LogP contribution in [0.3, 0.4) is 0 Å². The lowest BCUT2D eigenvalue weighted by molar-refractivity contribution is 0.0689. The Morgan fingerprint density at radius 2 is 1.77 bits per heavy atom. The van der Waals surface area contributed by atoms with Crippen molar-refractivity contribution in [1.29, 1.82) is 0 Å². The third-order valence-electron chi connectivity index (χ3n) is 5.90. The summed E-state index contributed by atoms with van der Waals surface area (Å²) in [6, 6.07) is 8.73. The number of aromatic carboxylic acids is 1. The maximum Gasteiger partial charge on any atom is 0.342 e. The number of carboxylic acids is 1. The number of piperazine rings is 1. The van der Waals surface area contributed by atoms with Crippen LogP contribution in [0.4, 0.5) is 14.5 Å². The molecule has 31 heavy (non-hydrogen) atoms. The second-order valence-electron chi connectivity index (χ2n) is 7.82. The minimum atomic E-state index is -1.34. The van der Waals surface area contributed by atoms with Gasteiger partial charge in [-0.3, -0.25) is 4.79 Å². The van der Waals surface area contributed by atoms with Gasteiger partial charge >= 0.3 is 5.97 Å². The van der Waals surface area contributed by atoms with Crippen molar-refractivity contribution < 1.29 is 18.7 Å². The number of pyridine rings is 1. The quantitative estimate of drug-likeness (QED) is 0.670. The fraction of sp³-hybridized carbons (Fsp3) is 0.273. The molecule has 1 aromatic heterocycles. The van der Waals surface area contributed by atoms with Gasteiger partial charge in [0.2, 0.25) is 5.43 Å². The molecule has 2 aliphatic heterocycles. The van der Waals surface area contributed by atoms with E-state index >= 15 is 4.39 Å². The molecule has 0 spiro atoms. The van der Waals surface area contributed by atoms with Gasteiger partial charge in [0.25, 0.3) is 0 Å². The average molecular weight is 443 g/mol. The molecule has 3 heterocycles. The molecule has 2 aliphatic rings. The first-order chi connectivity index (χ1) is 14.8. The van der Waals surface area contributed by atoms with Gasteiger partial charge in [0.05, 0.1) is 16.2 Å². The Kier molecular flexibility index (Phi) is 4.75. The third-order valence-corrected chi connectivity index (χ3v) is 7.23. The largest absolute Gasteiger partial charge is 0.477 e. The second-order valence-corrected chi connectivity index (χ2v) is 8.89. The number of fused-ring (bicyclic) bond motifs is 3. The molecule has 1 atom stereocenters. The predicted octanol–water partition coefficient (Wildman–Crippen LogP) is 3.38. The molecule has 0 saturated carbocycles. The molecule has 9 heteroatoms. The Morgan fingerprint density at radius 1 is 1.10 bits per heavy atom. The second kappa shape index (κ2) is 7.35. The Bertz CT molecular complexity index is 1270. The Balaban J connectivity index is 1.72. The molecule has 160 valence electrons. The zero-order valence-electron chi connectivity index (χ0n) is 16.6. The van der Waals surface area contributed by atoms with Gasteiger partial charge in [0, 0.05) is 31.6 Å². The molecule has 1 unspecified atom stereocenters. The molecule has 1 N–H and O–H groups in total. The molecule has 0 amide bonds. The van der Waals surface area contributed by atoms with Crippen LogP contribution >= 0.6 is 11.8 Å². The van der Waals surface area contributed by atoms with Crippen molar-refractivity contribution in [2.75, 3.05) is 38.1 Å². The number of nitrogens with zero attached hydrogens (tertiary/aromatic N) is 3. The summed E-state index contributed by atoms with van der Waals surface area (Å²) in [6.07, 6.45) is 0. The van der Waals surface area contributed by atoms with Crippen molar-refractivity contribution in [2.24, 2.45) is 0 Å². The standard InChI is InChI=1S/C22H19F2N3O3S/c1-25-6-8-26(9-7-25)17-11-16-14(10-15(17)24)19(28)18(22(29)30)21-27(16)20(31-21)12-2-4-13(23)5-3-12/h2-5,10-11,20H,6-9H2,1H3,(H,29,30). The number of likely N-dealkylation sites (N-methyl/N-ethyl adjacent to an activating group) is 1. The van der Waals surface area contributed by atoms with Crippen LogP contribution in [-0.4, -0.2) is 53.8 Å². The summed E-state index contributed by atoms with van der Waals surface area (Å²) in [4.78, 5) is 28.8. The number of hydrogen-bond donors (Lipinski definition) is 1. The number of carbonyl (C=O) groups is 1. The summed E-state index contributed by atoms with van der Waals surface area (Å²) in [5.41, 5.74) is 0.594. The SMILES string of the molecule is CN1CCN(c2cc3c(cc2F)c(=O)c(C(=O)O)c2n3C(c3ccc(F)cc3)S2)CC1. The first kappa shape index (κ1) is 20.0. The van der Waals surface area contributed by atoms with Crippen molar-refractivity contribution in [3.63, 3.8) is 0 Å². The summed E-state index contributed by atoms with van der Waals surface area (Å²) in [5, 5.41) is 9.66. The first-order valence-corrected chi connectivity index (χ1v) is 10.7. The van der Waals surface area contributed by atoms with E-state index in [1.54, 1.807) is 22.8 Å². The van der Waals surface area contributed by atoms with Crippen molar-refractivity contribution in [2.45, 2.75) is 10.4 Å². The van der Waals surface area contributed by atoms with Crippen LogP contribution in [0.1, 0.15) is 21.3 Å². The lowest BCUT2D eigenvalue weighted by atomic mass is 10.1. The molecule has 3 aromatic rings. The molecule has 0 aliphatic carbocycles. The van der Waals surface area contributed by atoms with Crippen LogP contribution in [0.2, 0.25) is 0 Å². The minimum Gasteiger partial charge on any atom is -0.477 e. The number of carboxylic acid groups (broad SMARTS) is 1. The fourth-order valence-electron chi connectivity index (χ4n) is 4.17. The number of rotatable bonds is 3. The average Bonchev–Trinajstić information content (AvgIpc) is 2.72. The number of thioether (sulfide) groups is 1. The van der Waals surface area contributed by atoms with E-state index in [1.807, 2.05) is 11.9 Å². The lowest BCUT2D eigenvalue weighted by Crippen LogP contribution is -2.44. The van der Waals surface area contributed by atoms with Gasteiger partial charge in [0.15, 0.2) is 0 Å². The van der Waals surface area contributed by atoms with Crippen molar-refractivity contribution in [1.82, 2.24) is 9.47 Å². The van der Waals surface area contributed by atoms with E-state index in [4.69, 9.17) is 0 Å². The lowest BCUT2D eigenvalue weighted by Gasteiger charge is -2.37. The van der Waals surface area contributed by atoms with Gasteiger partial charge in [-0.05, 0) is 36.9 Å². The number of hydrogen-bond acceptors (Lipinski definition) is 5. The zero-order chi connectivity index (χ0) is 21.9. The van der Waals surface area contributed by atoms with Crippen LogP contribution in [-0.2, 0) is 0 Å². The van der Waals surface area contributed by atoms with Gasteiger partial charge in [-0.25, -0.2) is 13.6 Å². The van der Waals surface area contributed by atoms with E-state index in [0.717, 1.165) is 24.7 Å². The zero-order valence-corrected chi connectivity index (χ0v) is 17.5. The smallest absolute Gasteiger partial charge is 0.342 e. The molecular weight excluding hydrogens is 424 g/mol. The van der Waals surface area contributed by atoms with Gasteiger partial charge in [0.1, 0.15) is 22.6 Å². The van der Waals surface area contributed by atoms with E-state index in [1.165, 1.54) is 23.9 Å². The summed E-state index contributed by atoms with van der Waals surface area (Å²) < 4.78 is 30.2. The van der Waals surface area contributed by atoms with Gasteiger partial charge in [-0.2, -0.15) is 0 Å². The Hall–Kier alpha value is -2.91. The summed E-state index contributed by atoms with van der Waals surface area (Å²) in [5.74, 6) is -2.26. The molecule has 5 rings (SSSR count). The molecule has 0 bridgehead atoms. The van der Waals surface area contributed by atoms with Gasteiger partial charge < -0.3 is 19.5 Å². The molecule has 2 aromatic carbocycles. The van der Waals surface area contributed by atoms with E-state index in [9.17, 15) is 19.1 Å². The van der Waals surface area contributed by atoms with Crippen LogP contribution in [0.15, 0.2) is 46.2 Å². The molecular formula is C22H19F2N3O3S. The highest BCUT2D eigenvalue weighted by molar-refractivity contribution is 8.00. The summed E-state index contributed by atoms with van der Waals surface area (Å²) in [7, 11) is 2.01. The Morgan fingerprint density at radius 3 is 2.42 bits per heavy atom. The van der Waals surface area contributed by atoms with E-state index < -0.39 is 17.2 Å². The monoisotopic (exact) mass is 443 g/mol. The first-order valence-electron chi connectivity index (χ1n) is 9.86. The number of halogens is 2. The van der Waals surface area contributed by atoms with Crippen molar-refractivity contribution >= 4 is 34.3 Å². The highest BCUT2D eigenvalue weighted by Gasteiger charge is 2.36. The van der Waals surface area contributed by atoms with E-state index in [2.05, 4.69) is 4.90 Å². The summed E-state index contributed by atoms with van der Waals surface area (Å²) in [6.45, 7) is 2.89. The number of aromatic nitrogens is 1. The van der Waals surface area contributed by atoms with Crippen LogP contribution in [0, 0.1) is 11.6 Å². The van der Waals surface area contributed by atoms with E-state index in [-0.39, 0.29) is 22.1 Å². The molecule has 6 nitrogen and oxygen atoms in total. The van der Waals surface area contributed by atoms with Gasteiger partial charge in [-0.15, -0.1) is 0 Å². The topological polar surface area (TPSA) is 65.8 Å². The van der Waals surface area contributed by atoms with Crippen LogP contribution in [0.5, 0.6) is 0 Å².